The second-order valence-electron chi connectivity index (χ2n) is 5.61. The number of ether oxygens (including phenoxy) is 1. The van der Waals surface area contributed by atoms with E-state index in [0.29, 0.717) is 41.5 Å². The van der Waals surface area contributed by atoms with Gasteiger partial charge in [0, 0.05) is 31.7 Å². The molecule has 130 valence electrons. The lowest BCUT2D eigenvalue weighted by molar-refractivity contribution is 0.0538. The van der Waals surface area contributed by atoms with Gasteiger partial charge in [0.25, 0.3) is 11.8 Å². The Hall–Kier alpha value is -2.67. The zero-order chi connectivity index (χ0) is 17.8. The first kappa shape index (κ1) is 17.2. The molecule has 2 amide bonds. The average Bonchev–Trinajstić information content (AvgIpc) is 3.17. The molecule has 1 aromatic heterocycles. The highest BCUT2D eigenvalue weighted by Crippen LogP contribution is 2.20. The number of methoxy groups -OCH3 is 1. The van der Waals surface area contributed by atoms with Gasteiger partial charge in [-0.25, -0.2) is 4.79 Å². The lowest BCUT2D eigenvalue weighted by Crippen LogP contribution is -2.50. The van der Waals surface area contributed by atoms with E-state index < -0.39 is 5.97 Å². The van der Waals surface area contributed by atoms with Crippen LogP contribution in [0.2, 0.25) is 0 Å². The first-order valence-corrected chi connectivity index (χ1v) is 8.73. The standard InChI is InChI=1S/C18H18N2O4S/c1-24-18(23)15-8-7-14(25-15)17(22)20-11-9-19(10-12-20)16(21)13-5-3-2-4-6-13/h2-8H,9-12H2,1H3. The van der Waals surface area contributed by atoms with Crippen LogP contribution in [0.1, 0.15) is 29.7 Å². The van der Waals surface area contributed by atoms with Crippen LogP contribution in [-0.4, -0.2) is 60.9 Å². The van der Waals surface area contributed by atoms with Crippen molar-refractivity contribution in [1.82, 2.24) is 9.80 Å². The fourth-order valence-electron chi connectivity index (χ4n) is 2.69. The summed E-state index contributed by atoms with van der Waals surface area (Å²) >= 11 is 1.12. The first-order valence-electron chi connectivity index (χ1n) is 7.92. The van der Waals surface area contributed by atoms with Gasteiger partial charge in [-0.2, -0.15) is 0 Å². The maximum atomic E-state index is 12.6. The van der Waals surface area contributed by atoms with Gasteiger partial charge in [-0.3, -0.25) is 9.59 Å². The van der Waals surface area contributed by atoms with E-state index in [1.54, 1.807) is 34.1 Å². The van der Waals surface area contributed by atoms with Crippen LogP contribution in [0.25, 0.3) is 0 Å². The van der Waals surface area contributed by atoms with E-state index in [1.807, 2.05) is 18.2 Å². The lowest BCUT2D eigenvalue weighted by atomic mass is 10.2. The predicted molar refractivity (Wildman–Crippen MR) is 93.9 cm³/mol. The molecule has 1 aromatic carbocycles. The molecule has 25 heavy (non-hydrogen) atoms. The average molecular weight is 358 g/mol. The quantitative estimate of drug-likeness (QED) is 0.789. The molecule has 7 heteroatoms. The predicted octanol–water partition coefficient (Wildman–Crippen LogP) is 2.13. The smallest absolute Gasteiger partial charge is 0.348 e. The fraction of sp³-hybridized carbons (Fsp3) is 0.278. The summed E-state index contributed by atoms with van der Waals surface area (Å²) in [6, 6.07) is 12.4. The molecule has 1 saturated heterocycles. The number of carbonyl (C=O) groups excluding carboxylic acids is 3. The largest absolute Gasteiger partial charge is 0.465 e. The number of piperazine rings is 1. The number of hydrogen-bond acceptors (Lipinski definition) is 5. The molecule has 0 N–H and O–H groups in total. The van der Waals surface area contributed by atoms with E-state index in [1.165, 1.54) is 7.11 Å². The molecule has 0 saturated carbocycles. The van der Waals surface area contributed by atoms with E-state index in [9.17, 15) is 14.4 Å². The first-order chi connectivity index (χ1) is 12.1. The van der Waals surface area contributed by atoms with E-state index in [-0.39, 0.29) is 11.8 Å². The monoisotopic (exact) mass is 358 g/mol. The summed E-state index contributed by atoms with van der Waals surface area (Å²) in [5.41, 5.74) is 0.656. The van der Waals surface area contributed by atoms with Gasteiger partial charge in [0.1, 0.15) is 4.88 Å². The molecule has 0 spiro atoms. The van der Waals surface area contributed by atoms with E-state index in [0.717, 1.165) is 11.3 Å². The zero-order valence-electron chi connectivity index (χ0n) is 13.8. The molecule has 0 bridgehead atoms. The summed E-state index contributed by atoms with van der Waals surface area (Å²) in [7, 11) is 1.31. The van der Waals surface area contributed by atoms with Crippen molar-refractivity contribution in [3.63, 3.8) is 0 Å². The van der Waals surface area contributed by atoms with Gasteiger partial charge in [-0.1, -0.05) is 18.2 Å². The summed E-state index contributed by atoms with van der Waals surface area (Å²) < 4.78 is 4.66. The Morgan fingerprint density at radius 3 is 2.00 bits per heavy atom. The number of benzene rings is 1. The Morgan fingerprint density at radius 2 is 1.40 bits per heavy atom. The van der Waals surface area contributed by atoms with Crippen molar-refractivity contribution < 1.29 is 19.1 Å². The topological polar surface area (TPSA) is 66.9 Å². The SMILES string of the molecule is COC(=O)c1ccc(C(=O)N2CCN(C(=O)c3ccccc3)CC2)s1. The molecule has 1 aliphatic rings. The normalized spacial score (nSPS) is 14.3. The van der Waals surface area contributed by atoms with E-state index in [2.05, 4.69) is 4.74 Å². The summed E-state index contributed by atoms with van der Waals surface area (Å²) in [4.78, 5) is 40.9. The molecule has 1 fully saturated rings. The van der Waals surface area contributed by atoms with Gasteiger partial charge in [-0.05, 0) is 24.3 Å². The fourth-order valence-corrected chi connectivity index (χ4v) is 3.59. The van der Waals surface area contributed by atoms with Crippen LogP contribution >= 0.6 is 11.3 Å². The Balaban J connectivity index is 1.60. The summed E-state index contributed by atoms with van der Waals surface area (Å²) in [5, 5.41) is 0. The Kier molecular flexibility index (Phi) is 5.14. The number of carbonyl (C=O) groups is 3. The number of hydrogen-bond donors (Lipinski definition) is 0. The zero-order valence-corrected chi connectivity index (χ0v) is 14.6. The minimum Gasteiger partial charge on any atom is -0.465 e. The number of rotatable bonds is 3. The Bertz CT molecular complexity index is 779. The summed E-state index contributed by atoms with van der Waals surface area (Å²) in [6.45, 7) is 1.94. The van der Waals surface area contributed by atoms with E-state index in [4.69, 9.17) is 0 Å². The van der Waals surface area contributed by atoms with Crippen molar-refractivity contribution in [2.24, 2.45) is 0 Å². The molecule has 0 atom stereocenters. The van der Waals surface area contributed by atoms with Crippen LogP contribution in [-0.2, 0) is 4.74 Å². The van der Waals surface area contributed by atoms with Crippen LogP contribution in [0, 0.1) is 0 Å². The molecule has 6 nitrogen and oxygen atoms in total. The van der Waals surface area contributed by atoms with Gasteiger partial charge in [-0.15, -0.1) is 11.3 Å². The van der Waals surface area contributed by atoms with Gasteiger partial charge >= 0.3 is 5.97 Å². The Morgan fingerprint density at radius 1 is 0.840 bits per heavy atom. The highest BCUT2D eigenvalue weighted by atomic mass is 32.1. The minimum absolute atomic E-state index is 0.0169. The van der Waals surface area contributed by atoms with Crippen molar-refractivity contribution in [3.8, 4) is 0 Å². The van der Waals surface area contributed by atoms with Crippen LogP contribution in [0.5, 0.6) is 0 Å². The summed E-state index contributed by atoms with van der Waals surface area (Å²) in [6.07, 6.45) is 0. The molecule has 1 aliphatic heterocycles. The van der Waals surface area contributed by atoms with E-state index >= 15 is 0 Å². The third-order valence-electron chi connectivity index (χ3n) is 4.08. The maximum Gasteiger partial charge on any atom is 0.348 e. The molecule has 0 radical (unpaired) electrons. The Labute approximate surface area is 149 Å². The highest BCUT2D eigenvalue weighted by Gasteiger charge is 2.26. The second kappa shape index (κ2) is 7.48. The highest BCUT2D eigenvalue weighted by molar-refractivity contribution is 7.15. The lowest BCUT2D eigenvalue weighted by Gasteiger charge is -2.34. The molecular weight excluding hydrogens is 340 g/mol. The van der Waals surface area contributed by atoms with Crippen molar-refractivity contribution in [1.29, 1.82) is 0 Å². The van der Waals surface area contributed by atoms with Crippen LogP contribution in [0.15, 0.2) is 42.5 Å². The van der Waals surface area contributed by atoms with Gasteiger partial charge in [0.15, 0.2) is 0 Å². The van der Waals surface area contributed by atoms with Crippen molar-refractivity contribution >= 4 is 29.1 Å². The van der Waals surface area contributed by atoms with Crippen LogP contribution in [0.3, 0.4) is 0 Å². The van der Waals surface area contributed by atoms with Gasteiger partial charge < -0.3 is 14.5 Å². The minimum atomic E-state index is -0.442. The molecule has 0 aliphatic carbocycles. The molecule has 2 aromatic rings. The summed E-state index contributed by atoms with van der Waals surface area (Å²) in [5.74, 6) is -0.578. The molecule has 2 heterocycles. The number of amides is 2. The maximum absolute atomic E-state index is 12.6. The van der Waals surface area contributed by atoms with Gasteiger partial charge in [0.05, 0.1) is 12.0 Å². The van der Waals surface area contributed by atoms with Crippen LogP contribution in [0.4, 0.5) is 0 Å². The van der Waals surface area contributed by atoms with Crippen LogP contribution < -0.4 is 0 Å². The number of esters is 1. The third-order valence-corrected chi connectivity index (χ3v) is 5.13. The van der Waals surface area contributed by atoms with Crippen molar-refractivity contribution in [2.45, 2.75) is 0 Å². The van der Waals surface area contributed by atoms with Crippen molar-refractivity contribution in [2.75, 3.05) is 33.3 Å². The van der Waals surface area contributed by atoms with Crippen molar-refractivity contribution in [3.05, 3.63) is 57.8 Å². The molecule has 0 unspecified atom stereocenters. The molecule has 3 rings (SSSR count). The number of thiophene rings is 1. The molecular formula is C18H18N2O4S. The third kappa shape index (κ3) is 3.71. The van der Waals surface area contributed by atoms with Gasteiger partial charge in [0.2, 0.25) is 0 Å². The second-order valence-corrected chi connectivity index (χ2v) is 6.69. The number of nitrogens with zero attached hydrogens (tertiary/aromatic N) is 2.